The van der Waals surface area contributed by atoms with E-state index in [0.29, 0.717) is 17.6 Å². The summed E-state index contributed by atoms with van der Waals surface area (Å²) in [6, 6.07) is 3.91. The van der Waals surface area contributed by atoms with E-state index in [0.717, 1.165) is 46.9 Å². The number of aromatic nitrogens is 7. The van der Waals surface area contributed by atoms with Crippen LogP contribution in [0.3, 0.4) is 0 Å². The summed E-state index contributed by atoms with van der Waals surface area (Å²) in [5, 5.41) is 9.84. The molecule has 4 aromatic rings. The number of hydrogen-bond donors (Lipinski definition) is 1. The van der Waals surface area contributed by atoms with Gasteiger partial charge in [-0.1, -0.05) is 20.8 Å². The van der Waals surface area contributed by atoms with Gasteiger partial charge in [0, 0.05) is 55.1 Å². The van der Waals surface area contributed by atoms with Crippen LogP contribution in [0.2, 0.25) is 0 Å². The van der Waals surface area contributed by atoms with Gasteiger partial charge in [-0.05, 0) is 36.8 Å². The van der Waals surface area contributed by atoms with Crippen LogP contribution >= 0.6 is 0 Å². The van der Waals surface area contributed by atoms with E-state index in [-0.39, 0.29) is 5.92 Å². The minimum Gasteiger partial charge on any atom is -0.341 e. The molecule has 0 bridgehead atoms. The van der Waals surface area contributed by atoms with Gasteiger partial charge in [-0.2, -0.15) is 10.1 Å². The first kappa shape index (κ1) is 21.2. The summed E-state index contributed by atoms with van der Waals surface area (Å²) in [4.78, 5) is 25.4. The summed E-state index contributed by atoms with van der Waals surface area (Å²) in [6.45, 7) is 8.55. The molecule has 0 radical (unpaired) electrons. The van der Waals surface area contributed by atoms with Gasteiger partial charge in [-0.25, -0.2) is 15.0 Å². The third-order valence-corrected chi connectivity index (χ3v) is 6.03. The molecule has 5 heterocycles. The normalized spacial score (nSPS) is 16.5. The smallest absolute Gasteiger partial charge is 0.227 e. The van der Waals surface area contributed by atoms with E-state index in [1.165, 1.54) is 12.8 Å². The molecule has 0 amide bonds. The highest BCUT2D eigenvalue weighted by molar-refractivity contribution is 5.97. The first-order chi connectivity index (χ1) is 16.0. The Hall–Kier alpha value is -3.62. The van der Waals surface area contributed by atoms with Crippen molar-refractivity contribution in [1.82, 2.24) is 34.7 Å². The van der Waals surface area contributed by atoms with Gasteiger partial charge < -0.3 is 10.2 Å². The maximum atomic E-state index is 4.76. The van der Waals surface area contributed by atoms with Gasteiger partial charge in [0.15, 0.2) is 5.82 Å². The fourth-order valence-electron chi connectivity index (χ4n) is 4.40. The summed E-state index contributed by atoms with van der Waals surface area (Å²) >= 11 is 0. The molecule has 1 aliphatic heterocycles. The second kappa shape index (κ2) is 8.73. The number of piperidine rings is 1. The molecular weight excluding hydrogens is 414 g/mol. The molecule has 9 nitrogen and oxygen atoms in total. The fraction of sp³-hybridized carbons (Fsp3) is 0.417. The first-order valence-corrected chi connectivity index (χ1v) is 11.5. The molecule has 1 saturated heterocycles. The number of anilines is 3. The molecule has 1 aliphatic rings. The van der Waals surface area contributed by atoms with E-state index < -0.39 is 0 Å². The molecule has 4 aromatic heterocycles. The predicted octanol–water partition coefficient (Wildman–Crippen LogP) is 4.32. The molecule has 170 valence electrons. The van der Waals surface area contributed by atoms with Crippen molar-refractivity contribution in [3.63, 3.8) is 0 Å². The van der Waals surface area contributed by atoms with Crippen molar-refractivity contribution in [2.75, 3.05) is 23.3 Å². The molecule has 0 spiro atoms. The largest absolute Gasteiger partial charge is 0.341 e. The summed E-state index contributed by atoms with van der Waals surface area (Å²) in [6.07, 6.45) is 9.64. The third-order valence-electron chi connectivity index (χ3n) is 6.03. The lowest BCUT2D eigenvalue weighted by Gasteiger charge is -2.30. The number of hydrogen-bond acceptors (Lipinski definition) is 8. The Kier molecular flexibility index (Phi) is 5.62. The van der Waals surface area contributed by atoms with Gasteiger partial charge in [0.25, 0.3) is 0 Å². The second-order valence-corrected chi connectivity index (χ2v) is 9.13. The number of aryl methyl sites for hydroxylation is 1. The number of nitrogens with zero attached hydrogens (tertiary/aromatic N) is 8. The predicted molar refractivity (Wildman–Crippen MR) is 130 cm³/mol. The van der Waals surface area contributed by atoms with E-state index in [1.54, 1.807) is 17.2 Å². The van der Waals surface area contributed by atoms with Crippen molar-refractivity contribution in [2.24, 2.45) is 13.0 Å². The van der Waals surface area contributed by atoms with Crippen LogP contribution in [-0.2, 0) is 7.05 Å². The molecule has 1 atom stereocenters. The highest BCUT2D eigenvalue weighted by Crippen LogP contribution is 2.32. The molecule has 5 rings (SSSR count). The summed E-state index contributed by atoms with van der Waals surface area (Å²) in [5.74, 6) is 3.77. The van der Waals surface area contributed by atoms with E-state index in [1.807, 2.05) is 31.6 Å². The Morgan fingerprint density at radius 1 is 1.06 bits per heavy atom. The Morgan fingerprint density at radius 3 is 2.70 bits per heavy atom. The van der Waals surface area contributed by atoms with Gasteiger partial charge in [0.2, 0.25) is 5.95 Å². The van der Waals surface area contributed by atoms with Crippen LogP contribution in [0.15, 0.2) is 37.1 Å². The van der Waals surface area contributed by atoms with E-state index in [4.69, 9.17) is 9.97 Å². The van der Waals surface area contributed by atoms with E-state index >= 15 is 0 Å². The lowest BCUT2D eigenvalue weighted by molar-refractivity contribution is 0.442. The highest BCUT2D eigenvalue weighted by atomic mass is 15.3. The molecular formula is C24H29N9. The van der Waals surface area contributed by atoms with Crippen molar-refractivity contribution < 1.29 is 0 Å². The molecule has 1 fully saturated rings. The Balaban J connectivity index is 1.49. The molecule has 0 aliphatic carbocycles. The molecule has 1 N–H and O–H groups in total. The lowest BCUT2D eigenvalue weighted by atomic mass is 10.0. The van der Waals surface area contributed by atoms with E-state index in [2.05, 4.69) is 51.0 Å². The number of rotatable bonds is 5. The average Bonchev–Trinajstić information content (AvgIpc) is 3.24. The van der Waals surface area contributed by atoms with Crippen molar-refractivity contribution in [2.45, 2.75) is 39.5 Å². The third kappa shape index (κ3) is 4.35. The van der Waals surface area contributed by atoms with Crippen molar-refractivity contribution >= 4 is 28.4 Å². The number of fused-ring (bicyclic) bond motifs is 1. The van der Waals surface area contributed by atoms with Crippen LogP contribution in [0.25, 0.3) is 22.2 Å². The quantitative estimate of drug-likeness (QED) is 0.487. The van der Waals surface area contributed by atoms with Crippen molar-refractivity contribution in [3.8, 4) is 11.4 Å². The lowest BCUT2D eigenvalue weighted by Crippen LogP contribution is -2.35. The maximum absolute atomic E-state index is 4.76. The van der Waals surface area contributed by atoms with Crippen LogP contribution in [0.1, 0.15) is 45.2 Å². The minimum absolute atomic E-state index is 0.264. The van der Waals surface area contributed by atoms with Gasteiger partial charge in [-0.15, -0.1) is 0 Å². The zero-order valence-corrected chi connectivity index (χ0v) is 19.5. The zero-order chi connectivity index (χ0) is 22.9. The van der Waals surface area contributed by atoms with Crippen LogP contribution < -0.4 is 10.2 Å². The zero-order valence-electron chi connectivity index (χ0n) is 19.5. The van der Waals surface area contributed by atoms with Gasteiger partial charge in [0.05, 0.1) is 5.69 Å². The van der Waals surface area contributed by atoms with Crippen molar-refractivity contribution in [3.05, 3.63) is 42.7 Å². The number of nitrogens with one attached hydrogen (secondary N) is 1. The average molecular weight is 444 g/mol. The summed E-state index contributed by atoms with van der Waals surface area (Å²) in [5.41, 5.74) is 1.89. The van der Waals surface area contributed by atoms with Crippen LogP contribution in [0, 0.1) is 5.92 Å². The number of pyridine rings is 2. The summed E-state index contributed by atoms with van der Waals surface area (Å²) in [7, 11) is 1.86. The van der Waals surface area contributed by atoms with Crippen molar-refractivity contribution in [1.29, 1.82) is 0 Å². The van der Waals surface area contributed by atoms with Gasteiger partial charge in [-0.3, -0.25) is 9.67 Å². The van der Waals surface area contributed by atoms with E-state index in [9.17, 15) is 0 Å². The minimum atomic E-state index is 0.264. The van der Waals surface area contributed by atoms with Crippen LogP contribution in [0.5, 0.6) is 0 Å². The van der Waals surface area contributed by atoms with Gasteiger partial charge in [0.1, 0.15) is 18.0 Å². The molecule has 33 heavy (non-hydrogen) atoms. The Morgan fingerprint density at radius 2 is 1.94 bits per heavy atom. The fourth-order valence-corrected chi connectivity index (χ4v) is 4.40. The monoisotopic (exact) mass is 443 g/mol. The SMILES string of the molecule is CC1CCCN(c2nccc(Nc3cc4c(C(C)C)ncc(-c5ncn(C)n5)c4cn3)n2)C1. The molecule has 0 aromatic carbocycles. The van der Waals surface area contributed by atoms with Crippen LogP contribution in [0.4, 0.5) is 17.6 Å². The molecule has 1 unspecified atom stereocenters. The van der Waals surface area contributed by atoms with Gasteiger partial charge >= 0.3 is 0 Å². The molecule has 9 heteroatoms. The first-order valence-electron chi connectivity index (χ1n) is 11.5. The summed E-state index contributed by atoms with van der Waals surface area (Å²) < 4.78 is 1.69. The Labute approximate surface area is 193 Å². The highest BCUT2D eigenvalue weighted by Gasteiger charge is 2.19. The Bertz CT molecular complexity index is 1280. The standard InChI is InChI=1S/C24H29N9/c1-15(2)22-17-10-21(26-11-18(17)19(12-27-22)23-28-14-32(4)31-23)29-20-7-8-25-24(30-20)33-9-5-6-16(3)13-33/h7-8,10-12,14-16H,5-6,9,13H2,1-4H3,(H,25,26,29,30). The van der Waals surface area contributed by atoms with Crippen LogP contribution in [-0.4, -0.2) is 47.8 Å². The second-order valence-electron chi connectivity index (χ2n) is 9.13. The maximum Gasteiger partial charge on any atom is 0.227 e. The molecule has 0 saturated carbocycles. The topological polar surface area (TPSA) is 97.5 Å².